The first-order valence-electron chi connectivity index (χ1n) is 7.70. The molecular formula is C20H20N2O2. The zero-order chi connectivity index (χ0) is 17.1. The predicted octanol–water partition coefficient (Wildman–Crippen LogP) is 5.05. The van der Waals surface area contributed by atoms with Crippen LogP contribution in [-0.4, -0.2) is 0 Å². The molecule has 0 fully saturated rings. The number of nitrogen functional groups attached to an aromatic ring is 2. The molecule has 24 heavy (non-hydrogen) atoms. The second-order valence-corrected chi connectivity index (χ2v) is 5.70. The SMILES string of the molecule is Cc1cc(N)ccc1Oc1ccccc1Oc1ccc(N)cc1C. The first kappa shape index (κ1) is 15.7. The number of benzene rings is 3. The van der Waals surface area contributed by atoms with Gasteiger partial charge in [-0.15, -0.1) is 0 Å². The van der Waals surface area contributed by atoms with Crippen molar-refractivity contribution in [3.63, 3.8) is 0 Å². The van der Waals surface area contributed by atoms with Crippen molar-refractivity contribution in [2.24, 2.45) is 0 Å². The average Bonchev–Trinajstić information content (AvgIpc) is 2.54. The second kappa shape index (κ2) is 6.54. The second-order valence-electron chi connectivity index (χ2n) is 5.70. The fourth-order valence-corrected chi connectivity index (χ4v) is 2.43. The molecule has 0 saturated heterocycles. The number of para-hydroxylation sites is 2. The zero-order valence-electron chi connectivity index (χ0n) is 13.7. The smallest absolute Gasteiger partial charge is 0.169 e. The van der Waals surface area contributed by atoms with Crippen LogP contribution < -0.4 is 20.9 Å². The lowest BCUT2D eigenvalue weighted by Crippen LogP contribution is -1.94. The molecule has 122 valence electrons. The molecule has 3 rings (SSSR count). The van der Waals surface area contributed by atoms with Crippen molar-refractivity contribution >= 4 is 11.4 Å². The first-order valence-corrected chi connectivity index (χ1v) is 7.70. The minimum Gasteiger partial charge on any atom is -0.453 e. The monoisotopic (exact) mass is 320 g/mol. The summed E-state index contributed by atoms with van der Waals surface area (Å²) in [6.07, 6.45) is 0. The summed E-state index contributed by atoms with van der Waals surface area (Å²) in [6, 6.07) is 18.7. The fraction of sp³-hybridized carbons (Fsp3) is 0.100. The molecule has 0 aliphatic rings. The van der Waals surface area contributed by atoms with Gasteiger partial charge in [0.2, 0.25) is 0 Å². The molecule has 0 amide bonds. The van der Waals surface area contributed by atoms with Crippen molar-refractivity contribution in [1.29, 1.82) is 0 Å². The van der Waals surface area contributed by atoms with Crippen molar-refractivity contribution in [2.45, 2.75) is 13.8 Å². The van der Waals surface area contributed by atoms with Crippen molar-refractivity contribution < 1.29 is 9.47 Å². The quantitative estimate of drug-likeness (QED) is 0.660. The number of ether oxygens (including phenoxy) is 2. The van der Waals surface area contributed by atoms with E-state index in [9.17, 15) is 0 Å². The Morgan fingerprint density at radius 1 is 0.583 bits per heavy atom. The third kappa shape index (κ3) is 3.43. The van der Waals surface area contributed by atoms with Crippen LogP contribution in [0.15, 0.2) is 60.7 Å². The van der Waals surface area contributed by atoms with Gasteiger partial charge in [0.25, 0.3) is 0 Å². The van der Waals surface area contributed by atoms with Gasteiger partial charge in [-0.1, -0.05) is 12.1 Å². The molecule has 0 atom stereocenters. The average molecular weight is 320 g/mol. The standard InChI is InChI=1S/C20H20N2O2/c1-13-11-15(21)7-9-17(13)23-19-5-3-4-6-20(19)24-18-10-8-16(22)12-14(18)2/h3-12H,21-22H2,1-2H3. The summed E-state index contributed by atoms with van der Waals surface area (Å²) >= 11 is 0. The maximum Gasteiger partial charge on any atom is 0.169 e. The molecule has 4 heteroatoms. The number of hydrogen-bond acceptors (Lipinski definition) is 4. The van der Waals surface area contributed by atoms with Gasteiger partial charge in [-0.25, -0.2) is 0 Å². The zero-order valence-corrected chi connectivity index (χ0v) is 13.7. The van der Waals surface area contributed by atoms with E-state index in [4.69, 9.17) is 20.9 Å². The Bertz CT molecular complexity index is 803. The molecule has 0 heterocycles. The Kier molecular flexibility index (Phi) is 4.29. The summed E-state index contributed by atoms with van der Waals surface area (Å²) in [4.78, 5) is 0. The largest absolute Gasteiger partial charge is 0.453 e. The Balaban J connectivity index is 1.90. The van der Waals surface area contributed by atoms with E-state index in [0.29, 0.717) is 22.9 Å². The van der Waals surface area contributed by atoms with Crippen molar-refractivity contribution in [3.05, 3.63) is 71.8 Å². The van der Waals surface area contributed by atoms with E-state index in [0.717, 1.165) is 22.6 Å². The lowest BCUT2D eigenvalue weighted by atomic mass is 10.2. The van der Waals surface area contributed by atoms with E-state index in [1.165, 1.54) is 0 Å². The molecule has 4 N–H and O–H groups in total. The van der Waals surface area contributed by atoms with Gasteiger partial charge < -0.3 is 20.9 Å². The molecular weight excluding hydrogens is 300 g/mol. The summed E-state index contributed by atoms with van der Waals surface area (Å²) in [6.45, 7) is 3.92. The number of rotatable bonds is 4. The Hall–Kier alpha value is -3.14. The van der Waals surface area contributed by atoms with Crippen LogP contribution >= 0.6 is 0 Å². The number of hydrogen-bond donors (Lipinski definition) is 2. The Labute approximate surface area is 141 Å². The van der Waals surface area contributed by atoms with Gasteiger partial charge in [-0.3, -0.25) is 0 Å². The summed E-state index contributed by atoms with van der Waals surface area (Å²) in [7, 11) is 0. The van der Waals surface area contributed by atoms with E-state index >= 15 is 0 Å². The van der Waals surface area contributed by atoms with E-state index in [-0.39, 0.29) is 0 Å². The van der Waals surface area contributed by atoms with Crippen LogP contribution in [0.1, 0.15) is 11.1 Å². The molecule has 0 bridgehead atoms. The lowest BCUT2D eigenvalue weighted by molar-refractivity contribution is 0.416. The maximum atomic E-state index is 6.03. The van der Waals surface area contributed by atoms with Gasteiger partial charge in [-0.05, 0) is 73.5 Å². The van der Waals surface area contributed by atoms with Gasteiger partial charge in [0, 0.05) is 11.4 Å². The van der Waals surface area contributed by atoms with Crippen LogP contribution in [0.2, 0.25) is 0 Å². The number of nitrogens with two attached hydrogens (primary N) is 2. The highest BCUT2D eigenvalue weighted by atomic mass is 16.5. The molecule has 0 saturated carbocycles. The van der Waals surface area contributed by atoms with Crippen molar-refractivity contribution in [2.75, 3.05) is 11.5 Å². The third-order valence-corrected chi connectivity index (χ3v) is 3.69. The molecule has 0 aromatic heterocycles. The van der Waals surface area contributed by atoms with Crippen LogP contribution in [0.25, 0.3) is 0 Å². The van der Waals surface area contributed by atoms with Gasteiger partial charge in [0.15, 0.2) is 11.5 Å². The van der Waals surface area contributed by atoms with E-state index in [2.05, 4.69) is 0 Å². The Morgan fingerprint density at radius 3 is 1.38 bits per heavy atom. The van der Waals surface area contributed by atoms with Gasteiger partial charge in [0.05, 0.1) is 0 Å². The highest BCUT2D eigenvalue weighted by Crippen LogP contribution is 2.37. The van der Waals surface area contributed by atoms with Crippen molar-refractivity contribution in [1.82, 2.24) is 0 Å². The maximum absolute atomic E-state index is 6.03. The minimum atomic E-state index is 0.640. The van der Waals surface area contributed by atoms with Crippen LogP contribution in [0.3, 0.4) is 0 Å². The number of anilines is 2. The minimum absolute atomic E-state index is 0.640. The summed E-state index contributed by atoms with van der Waals surface area (Å²) in [5.41, 5.74) is 14.9. The van der Waals surface area contributed by atoms with Gasteiger partial charge >= 0.3 is 0 Å². The van der Waals surface area contributed by atoms with E-state index in [1.807, 2.05) is 74.5 Å². The van der Waals surface area contributed by atoms with Gasteiger partial charge in [0.1, 0.15) is 11.5 Å². The topological polar surface area (TPSA) is 70.5 Å². The van der Waals surface area contributed by atoms with E-state index < -0.39 is 0 Å². The summed E-state index contributed by atoms with van der Waals surface area (Å²) < 4.78 is 12.1. The molecule has 0 unspecified atom stereocenters. The van der Waals surface area contributed by atoms with Crippen LogP contribution in [0.5, 0.6) is 23.0 Å². The van der Waals surface area contributed by atoms with Gasteiger partial charge in [-0.2, -0.15) is 0 Å². The molecule has 3 aromatic carbocycles. The third-order valence-electron chi connectivity index (χ3n) is 3.69. The van der Waals surface area contributed by atoms with Crippen molar-refractivity contribution in [3.8, 4) is 23.0 Å². The first-order chi connectivity index (χ1) is 11.5. The summed E-state index contributed by atoms with van der Waals surface area (Å²) in [5, 5.41) is 0. The van der Waals surface area contributed by atoms with Crippen LogP contribution in [0.4, 0.5) is 11.4 Å². The normalized spacial score (nSPS) is 10.4. The Morgan fingerprint density at radius 2 is 1.00 bits per heavy atom. The molecule has 4 nitrogen and oxygen atoms in total. The molecule has 0 radical (unpaired) electrons. The lowest BCUT2D eigenvalue weighted by Gasteiger charge is -2.15. The molecule has 3 aromatic rings. The highest BCUT2D eigenvalue weighted by molar-refractivity contribution is 5.53. The van der Waals surface area contributed by atoms with Crippen LogP contribution in [0, 0.1) is 13.8 Å². The molecule has 0 aliphatic carbocycles. The fourth-order valence-electron chi connectivity index (χ4n) is 2.43. The predicted molar refractivity (Wildman–Crippen MR) is 97.8 cm³/mol. The highest BCUT2D eigenvalue weighted by Gasteiger charge is 2.10. The number of aryl methyl sites for hydroxylation is 2. The van der Waals surface area contributed by atoms with E-state index in [1.54, 1.807) is 0 Å². The summed E-state index contributed by atoms with van der Waals surface area (Å²) in [5.74, 6) is 2.77. The van der Waals surface area contributed by atoms with Crippen LogP contribution in [-0.2, 0) is 0 Å². The molecule has 0 aliphatic heterocycles. The molecule has 0 spiro atoms.